The Morgan fingerprint density at radius 1 is 1.03 bits per heavy atom. The first-order valence-corrected chi connectivity index (χ1v) is 9.93. The number of carbonyl (C=O) groups excluding carboxylic acids is 1. The number of carbonyl (C=O) groups is 1. The number of fused-ring (bicyclic) bond motifs is 2. The third kappa shape index (κ3) is 3.12. The first kappa shape index (κ1) is 17.7. The first-order chi connectivity index (χ1) is 14.1. The summed E-state index contributed by atoms with van der Waals surface area (Å²) in [7, 11) is 0. The predicted octanol–water partition coefficient (Wildman–Crippen LogP) is 3.78. The second kappa shape index (κ2) is 6.92. The molecule has 0 fully saturated rings. The number of aliphatic imine (C=N–C) groups is 1. The molecular weight excluding hydrogens is 360 g/mol. The first-order valence-electron chi connectivity index (χ1n) is 9.93. The summed E-state index contributed by atoms with van der Waals surface area (Å²) in [6, 6.07) is 14.8. The second-order valence-electron chi connectivity index (χ2n) is 7.86. The van der Waals surface area contributed by atoms with Gasteiger partial charge < -0.3 is 4.90 Å². The molecule has 0 saturated carbocycles. The van der Waals surface area contributed by atoms with Gasteiger partial charge in [0.25, 0.3) is 0 Å². The second-order valence-corrected chi connectivity index (χ2v) is 7.86. The Bertz CT molecular complexity index is 1140. The maximum absolute atomic E-state index is 12.9. The van der Waals surface area contributed by atoms with E-state index in [4.69, 9.17) is 4.99 Å². The van der Waals surface area contributed by atoms with Gasteiger partial charge in [0, 0.05) is 17.7 Å². The molecule has 0 radical (unpaired) electrons. The fourth-order valence-corrected chi connectivity index (χ4v) is 4.33. The van der Waals surface area contributed by atoms with Crippen LogP contribution in [0.25, 0.3) is 0 Å². The summed E-state index contributed by atoms with van der Waals surface area (Å²) in [5, 5.41) is 7.86. The number of hydrogen-bond acceptors (Lipinski definition) is 4. The van der Waals surface area contributed by atoms with Gasteiger partial charge in [0.05, 0.1) is 37.1 Å². The molecule has 0 spiro atoms. The molecule has 0 aliphatic carbocycles. The van der Waals surface area contributed by atoms with Gasteiger partial charge in [0.1, 0.15) is 0 Å². The van der Waals surface area contributed by atoms with E-state index < -0.39 is 0 Å². The van der Waals surface area contributed by atoms with E-state index in [0.717, 1.165) is 22.4 Å². The number of hydrogen-bond donors (Lipinski definition) is 0. The zero-order valence-electron chi connectivity index (χ0n) is 16.6. The van der Waals surface area contributed by atoms with Crippen LogP contribution in [0.2, 0.25) is 0 Å². The number of aromatic nitrogens is 2. The molecule has 0 saturated heterocycles. The van der Waals surface area contributed by atoms with Gasteiger partial charge in [-0.05, 0) is 48.2 Å². The zero-order valence-corrected chi connectivity index (χ0v) is 16.6. The Morgan fingerprint density at radius 3 is 2.72 bits per heavy atom. The maximum Gasteiger partial charge on any atom is 0.227 e. The zero-order chi connectivity index (χ0) is 20.0. The molecule has 5 nitrogen and oxygen atoms in total. The van der Waals surface area contributed by atoms with Crippen LogP contribution in [0, 0.1) is 6.92 Å². The normalized spacial score (nSPS) is 16.3. The van der Waals surface area contributed by atoms with Gasteiger partial charge in [-0.1, -0.05) is 35.9 Å². The minimum atomic E-state index is 0.0429. The molecule has 2 aliphatic rings. The lowest BCUT2D eigenvalue weighted by molar-refractivity contribution is -0.134. The van der Waals surface area contributed by atoms with E-state index in [1.165, 1.54) is 22.3 Å². The van der Waals surface area contributed by atoms with E-state index in [1.54, 1.807) is 12.4 Å². The van der Waals surface area contributed by atoms with Gasteiger partial charge in [-0.2, -0.15) is 10.2 Å². The Morgan fingerprint density at radius 2 is 1.93 bits per heavy atom. The molecule has 1 amide bonds. The lowest BCUT2D eigenvalue weighted by Gasteiger charge is -2.34. The molecule has 5 heteroatoms. The Hall–Kier alpha value is -3.34. The van der Waals surface area contributed by atoms with E-state index in [9.17, 15) is 4.79 Å². The topological polar surface area (TPSA) is 58.5 Å². The van der Waals surface area contributed by atoms with E-state index in [0.29, 0.717) is 19.5 Å². The monoisotopic (exact) mass is 382 g/mol. The molecule has 3 aromatic rings. The van der Waals surface area contributed by atoms with Gasteiger partial charge in [-0.15, -0.1) is 0 Å². The highest BCUT2D eigenvalue weighted by atomic mass is 16.2. The van der Waals surface area contributed by atoms with Crippen molar-refractivity contribution in [1.29, 1.82) is 0 Å². The van der Waals surface area contributed by atoms with Crippen molar-refractivity contribution in [1.82, 2.24) is 15.1 Å². The molecule has 1 atom stereocenters. The lowest BCUT2D eigenvalue weighted by atomic mass is 9.90. The van der Waals surface area contributed by atoms with Crippen molar-refractivity contribution in [2.45, 2.75) is 39.4 Å². The van der Waals surface area contributed by atoms with Crippen LogP contribution in [-0.4, -0.2) is 26.7 Å². The molecule has 144 valence electrons. The summed E-state index contributed by atoms with van der Waals surface area (Å²) in [5.41, 5.74) is 9.00. The van der Waals surface area contributed by atoms with Crippen LogP contribution >= 0.6 is 0 Å². The Kier molecular flexibility index (Phi) is 4.23. The molecular formula is C24H22N4O. The molecule has 29 heavy (non-hydrogen) atoms. The van der Waals surface area contributed by atoms with Crippen LogP contribution in [0.15, 0.2) is 59.9 Å². The van der Waals surface area contributed by atoms with Crippen molar-refractivity contribution in [2.24, 2.45) is 4.99 Å². The highest BCUT2D eigenvalue weighted by Crippen LogP contribution is 2.33. The van der Waals surface area contributed by atoms with Crippen molar-refractivity contribution in [3.63, 3.8) is 0 Å². The quantitative estimate of drug-likeness (QED) is 0.693. The van der Waals surface area contributed by atoms with Gasteiger partial charge in [-0.25, -0.2) is 0 Å². The molecule has 2 aliphatic heterocycles. The number of benzene rings is 2. The Labute approximate surface area is 170 Å². The molecule has 0 bridgehead atoms. The van der Waals surface area contributed by atoms with Gasteiger partial charge in [-0.3, -0.25) is 9.79 Å². The summed E-state index contributed by atoms with van der Waals surface area (Å²) in [6.07, 6.45) is 3.89. The van der Waals surface area contributed by atoms with Crippen molar-refractivity contribution in [3.8, 4) is 0 Å². The summed E-state index contributed by atoms with van der Waals surface area (Å²) in [6.45, 7) is 5.47. The largest absolute Gasteiger partial charge is 0.331 e. The summed E-state index contributed by atoms with van der Waals surface area (Å²) in [5.74, 6) is 0.184. The average Bonchev–Trinajstić information content (AvgIpc) is 3.14. The average molecular weight is 382 g/mol. The third-order valence-electron chi connectivity index (χ3n) is 5.94. The summed E-state index contributed by atoms with van der Waals surface area (Å²) < 4.78 is 0. The van der Waals surface area contributed by atoms with Crippen LogP contribution in [0.3, 0.4) is 0 Å². The summed E-state index contributed by atoms with van der Waals surface area (Å²) in [4.78, 5) is 19.6. The molecule has 5 rings (SSSR count). The van der Waals surface area contributed by atoms with Crippen LogP contribution in [-0.2, 0) is 24.3 Å². The highest BCUT2D eigenvalue weighted by molar-refractivity contribution is 6.15. The number of aryl methyl sites for hydroxylation is 1. The molecule has 3 heterocycles. The van der Waals surface area contributed by atoms with Gasteiger partial charge in [0.2, 0.25) is 5.91 Å². The van der Waals surface area contributed by atoms with Crippen molar-refractivity contribution in [3.05, 3.63) is 93.8 Å². The van der Waals surface area contributed by atoms with Crippen molar-refractivity contribution in [2.75, 3.05) is 0 Å². The smallest absolute Gasteiger partial charge is 0.227 e. The standard InChI is InChI=1S/C24H22N4O/c1-15-4-3-5-17(8-15)16(2)28-14-21-10-22-20(9-19(21)11-23(28)29)12-25-24(22)18-6-7-26-27-13-18/h3-10,13,16H,11-12,14H2,1-2H3/t16-/m1/s1. The van der Waals surface area contributed by atoms with Gasteiger partial charge in [0.15, 0.2) is 0 Å². The molecule has 2 aromatic carbocycles. The van der Waals surface area contributed by atoms with Crippen LogP contribution < -0.4 is 0 Å². The van der Waals surface area contributed by atoms with E-state index in [2.05, 4.69) is 60.4 Å². The molecule has 1 aromatic heterocycles. The maximum atomic E-state index is 12.9. The SMILES string of the molecule is Cc1cccc([C@@H](C)N2Cc3cc4c(cc3CC2=O)CN=C4c2ccnnc2)c1. The van der Waals surface area contributed by atoms with Crippen LogP contribution in [0.4, 0.5) is 0 Å². The van der Waals surface area contributed by atoms with Crippen molar-refractivity contribution < 1.29 is 4.79 Å². The highest BCUT2D eigenvalue weighted by Gasteiger charge is 2.30. The van der Waals surface area contributed by atoms with Crippen LogP contribution in [0.1, 0.15) is 51.9 Å². The predicted molar refractivity (Wildman–Crippen MR) is 112 cm³/mol. The van der Waals surface area contributed by atoms with E-state index in [1.807, 2.05) is 11.0 Å². The molecule has 0 N–H and O–H groups in total. The summed E-state index contributed by atoms with van der Waals surface area (Å²) >= 11 is 0. The molecule has 0 unspecified atom stereocenters. The minimum Gasteiger partial charge on any atom is -0.331 e. The fraction of sp³-hybridized carbons (Fsp3) is 0.250. The number of nitrogens with zero attached hydrogens (tertiary/aromatic N) is 4. The third-order valence-corrected chi connectivity index (χ3v) is 5.94. The Balaban J connectivity index is 1.48. The van der Waals surface area contributed by atoms with Gasteiger partial charge >= 0.3 is 0 Å². The van der Waals surface area contributed by atoms with Crippen molar-refractivity contribution >= 4 is 11.6 Å². The number of amides is 1. The lowest BCUT2D eigenvalue weighted by Crippen LogP contribution is -2.38. The minimum absolute atomic E-state index is 0.0429. The number of rotatable bonds is 3. The van der Waals surface area contributed by atoms with E-state index in [-0.39, 0.29) is 11.9 Å². The fourth-order valence-electron chi connectivity index (χ4n) is 4.33. The van der Waals surface area contributed by atoms with Crippen LogP contribution in [0.5, 0.6) is 0 Å². The van der Waals surface area contributed by atoms with E-state index >= 15 is 0 Å².